The number of aliphatic imine (C=N–C) groups is 1. The first-order valence-corrected chi connectivity index (χ1v) is 9.31. The average molecular weight is 377 g/mol. The van der Waals surface area contributed by atoms with Gasteiger partial charge in [-0.05, 0) is 32.3 Å². The number of halogens is 2. The molecule has 0 bridgehead atoms. The Morgan fingerprint density at radius 2 is 2.12 bits per heavy atom. The van der Waals surface area contributed by atoms with Crippen LogP contribution in [0.15, 0.2) is 22.1 Å². The van der Waals surface area contributed by atoms with E-state index in [1.807, 2.05) is 15.7 Å². The Kier molecular flexibility index (Phi) is 4.28. The highest BCUT2D eigenvalue weighted by Crippen LogP contribution is 2.42. The molecule has 1 unspecified atom stereocenters. The van der Waals surface area contributed by atoms with E-state index in [1.165, 1.54) is 6.07 Å². The molecule has 0 amide bonds. The van der Waals surface area contributed by atoms with Crippen molar-refractivity contribution >= 4 is 33.9 Å². The van der Waals surface area contributed by atoms with Crippen molar-refractivity contribution in [3.8, 4) is 0 Å². The molecule has 2 aliphatic rings. The molecular weight excluding hydrogens is 355 g/mol. The Hall–Kier alpha value is -1.92. The molecule has 2 aromatic rings. The second kappa shape index (κ2) is 6.35. The predicted molar refractivity (Wildman–Crippen MR) is 104 cm³/mol. The smallest absolute Gasteiger partial charge is 0.198 e. The molecule has 1 aliphatic heterocycles. The van der Waals surface area contributed by atoms with Crippen molar-refractivity contribution in [3.63, 3.8) is 0 Å². The lowest BCUT2D eigenvalue weighted by atomic mass is 10.1. The van der Waals surface area contributed by atoms with Crippen molar-refractivity contribution in [2.75, 3.05) is 25.0 Å². The van der Waals surface area contributed by atoms with E-state index in [1.54, 1.807) is 14.0 Å². The molecule has 138 valence electrons. The zero-order valence-corrected chi connectivity index (χ0v) is 15.7. The lowest BCUT2D eigenvalue weighted by molar-refractivity contribution is 0.623. The number of benzene rings is 1. The predicted octanol–water partition coefficient (Wildman–Crippen LogP) is 3.11. The molecule has 1 saturated carbocycles. The Balaban J connectivity index is 2.02. The van der Waals surface area contributed by atoms with Crippen LogP contribution in [0.1, 0.15) is 37.8 Å². The maximum absolute atomic E-state index is 15.0. The number of pyridine rings is 1. The largest absolute Gasteiger partial charge is 0.366 e. The number of hydrogen-bond acceptors (Lipinski definition) is 4. The quantitative estimate of drug-likeness (QED) is 0.837. The van der Waals surface area contributed by atoms with Crippen LogP contribution in [0.4, 0.5) is 10.1 Å². The minimum Gasteiger partial charge on any atom is -0.366 e. The number of rotatable bonds is 3. The van der Waals surface area contributed by atoms with Crippen molar-refractivity contribution in [2.45, 2.75) is 38.3 Å². The highest BCUT2D eigenvalue weighted by atomic mass is 35.5. The monoisotopic (exact) mass is 376 g/mol. The van der Waals surface area contributed by atoms with Crippen LogP contribution in [0.25, 0.3) is 10.9 Å². The lowest BCUT2D eigenvalue weighted by Crippen LogP contribution is -2.27. The van der Waals surface area contributed by atoms with Gasteiger partial charge in [-0.1, -0.05) is 11.6 Å². The van der Waals surface area contributed by atoms with Gasteiger partial charge >= 0.3 is 0 Å². The molecule has 2 fully saturated rings. The van der Waals surface area contributed by atoms with Crippen LogP contribution in [0.3, 0.4) is 0 Å². The lowest BCUT2D eigenvalue weighted by Gasteiger charge is -2.23. The van der Waals surface area contributed by atoms with Gasteiger partial charge in [0.15, 0.2) is 5.43 Å². The van der Waals surface area contributed by atoms with Gasteiger partial charge in [0, 0.05) is 44.1 Å². The van der Waals surface area contributed by atoms with E-state index < -0.39 is 5.82 Å². The van der Waals surface area contributed by atoms with Crippen molar-refractivity contribution in [1.82, 2.24) is 4.57 Å². The standard InChI is InChI=1S/C19H22ClFN4O/c1-10(23-2)14-9-25(12-3-4-12)17-13(19(14)26)7-15(21)18(16(17)20)24-6-5-11(22)8-24/h7,9,11-12H,3-6,8,22H2,1-2H3. The van der Waals surface area contributed by atoms with Crippen molar-refractivity contribution in [2.24, 2.45) is 10.7 Å². The molecule has 0 spiro atoms. The number of nitrogens with zero attached hydrogens (tertiary/aromatic N) is 3. The van der Waals surface area contributed by atoms with E-state index in [2.05, 4.69) is 4.99 Å². The summed E-state index contributed by atoms with van der Waals surface area (Å²) in [5.74, 6) is -0.473. The second-order valence-electron chi connectivity index (χ2n) is 7.23. The van der Waals surface area contributed by atoms with Crippen LogP contribution >= 0.6 is 11.6 Å². The van der Waals surface area contributed by atoms with E-state index in [0.29, 0.717) is 46.0 Å². The Labute approximate surface area is 156 Å². The zero-order chi connectivity index (χ0) is 18.6. The normalized spacial score (nSPS) is 21.0. The molecule has 2 heterocycles. The molecule has 1 aliphatic carbocycles. The van der Waals surface area contributed by atoms with Gasteiger partial charge in [0.1, 0.15) is 5.82 Å². The van der Waals surface area contributed by atoms with E-state index in [4.69, 9.17) is 17.3 Å². The van der Waals surface area contributed by atoms with Crippen molar-refractivity contribution < 1.29 is 4.39 Å². The molecule has 1 saturated heterocycles. The highest BCUT2D eigenvalue weighted by molar-refractivity contribution is 6.38. The molecule has 26 heavy (non-hydrogen) atoms. The first-order valence-electron chi connectivity index (χ1n) is 8.93. The van der Waals surface area contributed by atoms with Crippen LogP contribution in [0.5, 0.6) is 0 Å². The molecule has 0 radical (unpaired) electrons. The minimum absolute atomic E-state index is 0.0116. The van der Waals surface area contributed by atoms with E-state index in [9.17, 15) is 9.18 Å². The molecular formula is C19H22ClFN4O. The van der Waals surface area contributed by atoms with Crippen molar-refractivity contribution in [3.05, 3.63) is 38.9 Å². The summed E-state index contributed by atoms with van der Waals surface area (Å²) in [6.07, 6.45) is 4.68. The fourth-order valence-corrected chi connectivity index (χ4v) is 4.14. The van der Waals surface area contributed by atoms with E-state index in [-0.39, 0.29) is 17.5 Å². The van der Waals surface area contributed by atoms with Gasteiger partial charge < -0.3 is 15.2 Å². The van der Waals surface area contributed by atoms with Gasteiger partial charge in [-0.25, -0.2) is 4.39 Å². The third-order valence-electron chi connectivity index (χ3n) is 5.39. The van der Waals surface area contributed by atoms with Gasteiger partial charge in [0.05, 0.1) is 27.2 Å². The van der Waals surface area contributed by atoms with Crippen LogP contribution in [0, 0.1) is 5.82 Å². The maximum Gasteiger partial charge on any atom is 0.198 e. The number of nitrogens with two attached hydrogens (primary N) is 1. The Morgan fingerprint density at radius 1 is 1.38 bits per heavy atom. The number of hydrogen-bond donors (Lipinski definition) is 1. The molecule has 7 heteroatoms. The Morgan fingerprint density at radius 3 is 2.69 bits per heavy atom. The summed E-state index contributed by atoms with van der Waals surface area (Å²) < 4.78 is 17.0. The summed E-state index contributed by atoms with van der Waals surface area (Å²) in [6.45, 7) is 3.02. The summed E-state index contributed by atoms with van der Waals surface area (Å²) in [5, 5.41) is 0.614. The zero-order valence-electron chi connectivity index (χ0n) is 14.9. The summed E-state index contributed by atoms with van der Waals surface area (Å²) in [7, 11) is 1.65. The van der Waals surface area contributed by atoms with E-state index in [0.717, 1.165) is 19.3 Å². The van der Waals surface area contributed by atoms with Crippen molar-refractivity contribution in [1.29, 1.82) is 0 Å². The first kappa shape index (κ1) is 17.5. The fourth-order valence-electron chi connectivity index (χ4n) is 3.73. The maximum atomic E-state index is 15.0. The topological polar surface area (TPSA) is 63.6 Å². The van der Waals surface area contributed by atoms with Crippen LogP contribution in [-0.2, 0) is 0 Å². The molecule has 4 rings (SSSR count). The number of fused-ring (bicyclic) bond motifs is 1. The SMILES string of the molecule is CN=C(C)c1cn(C2CC2)c2c(Cl)c(N3CCC(N)C3)c(F)cc2c1=O. The number of anilines is 1. The van der Waals surface area contributed by atoms with Crippen LogP contribution < -0.4 is 16.1 Å². The molecule has 5 nitrogen and oxygen atoms in total. The average Bonchev–Trinajstić information content (AvgIpc) is 3.37. The van der Waals surface area contributed by atoms with Gasteiger partial charge in [-0.3, -0.25) is 9.79 Å². The third kappa shape index (κ3) is 2.72. The molecule has 2 N–H and O–H groups in total. The molecule has 1 aromatic carbocycles. The number of aromatic nitrogens is 1. The Bertz CT molecular complexity index is 980. The van der Waals surface area contributed by atoms with Gasteiger partial charge in [0.2, 0.25) is 0 Å². The summed E-state index contributed by atoms with van der Waals surface area (Å²) >= 11 is 6.68. The first-order chi connectivity index (χ1) is 12.4. The van der Waals surface area contributed by atoms with Crippen LogP contribution in [0.2, 0.25) is 5.02 Å². The van der Waals surface area contributed by atoms with E-state index >= 15 is 0 Å². The van der Waals surface area contributed by atoms with Gasteiger partial charge in [-0.2, -0.15) is 0 Å². The van der Waals surface area contributed by atoms with Crippen LogP contribution in [-0.4, -0.2) is 36.5 Å². The summed E-state index contributed by atoms with van der Waals surface area (Å²) in [4.78, 5) is 19.0. The summed E-state index contributed by atoms with van der Waals surface area (Å²) in [5.41, 5.74) is 7.85. The van der Waals surface area contributed by atoms with Gasteiger partial charge in [0.25, 0.3) is 0 Å². The fraction of sp³-hybridized carbons (Fsp3) is 0.474. The second-order valence-corrected chi connectivity index (χ2v) is 7.61. The third-order valence-corrected chi connectivity index (χ3v) is 5.75. The highest BCUT2D eigenvalue weighted by Gasteiger charge is 2.31. The molecule has 1 atom stereocenters. The van der Waals surface area contributed by atoms with Gasteiger partial charge in [-0.15, -0.1) is 0 Å². The molecule has 1 aromatic heterocycles. The summed E-state index contributed by atoms with van der Waals surface area (Å²) in [6, 6.07) is 1.63. The minimum atomic E-state index is -0.473.